The summed E-state index contributed by atoms with van der Waals surface area (Å²) in [5, 5.41) is 3.79. The smallest absolute Gasteiger partial charge is 0.349 e. The van der Waals surface area contributed by atoms with E-state index in [1.165, 1.54) is 6.07 Å². The Morgan fingerprint density at radius 3 is 2.73 bits per heavy atom. The third-order valence-corrected chi connectivity index (χ3v) is 3.45. The summed E-state index contributed by atoms with van der Waals surface area (Å²) >= 11 is 5.92. The molecule has 3 rings (SSSR count). The number of anilines is 1. The van der Waals surface area contributed by atoms with Crippen LogP contribution in [0.1, 0.15) is 15.9 Å². The van der Waals surface area contributed by atoms with Crippen molar-refractivity contribution in [2.75, 3.05) is 5.32 Å². The lowest BCUT2D eigenvalue weighted by Gasteiger charge is -2.06. The van der Waals surface area contributed by atoms with E-state index < -0.39 is 11.5 Å². The molecule has 0 saturated heterocycles. The van der Waals surface area contributed by atoms with Crippen LogP contribution in [0.4, 0.5) is 5.69 Å². The van der Waals surface area contributed by atoms with Crippen molar-refractivity contribution in [2.24, 2.45) is 0 Å². The molecule has 0 fully saturated rings. The molecule has 0 saturated carbocycles. The molecule has 1 amide bonds. The molecule has 0 radical (unpaired) electrons. The van der Waals surface area contributed by atoms with Gasteiger partial charge in [-0.25, -0.2) is 4.79 Å². The van der Waals surface area contributed by atoms with Crippen LogP contribution in [0.25, 0.3) is 11.0 Å². The average molecular weight is 314 g/mol. The van der Waals surface area contributed by atoms with Gasteiger partial charge in [-0.15, -0.1) is 0 Å². The van der Waals surface area contributed by atoms with Gasteiger partial charge in [0, 0.05) is 16.1 Å². The quantitative estimate of drug-likeness (QED) is 0.727. The van der Waals surface area contributed by atoms with Crippen molar-refractivity contribution in [1.29, 1.82) is 0 Å². The number of rotatable bonds is 2. The van der Waals surface area contributed by atoms with Crippen molar-refractivity contribution in [1.82, 2.24) is 0 Å². The lowest BCUT2D eigenvalue weighted by molar-refractivity contribution is 0.102. The van der Waals surface area contributed by atoms with Crippen LogP contribution in [0.2, 0.25) is 5.02 Å². The van der Waals surface area contributed by atoms with Crippen molar-refractivity contribution >= 4 is 34.2 Å². The minimum absolute atomic E-state index is 0.0590. The number of halogens is 1. The molecule has 0 aliphatic rings. The van der Waals surface area contributed by atoms with Crippen LogP contribution in [-0.4, -0.2) is 5.91 Å². The second kappa shape index (κ2) is 5.66. The van der Waals surface area contributed by atoms with E-state index >= 15 is 0 Å². The Labute approximate surface area is 131 Å². The van der Waals surface area contributed by atoms with E-state index in [0.717, 1.165) is 5.56 Å². The fourth-order valence-corrected chi connectivity index (χ4v) is 2.35. The van der Waals surface area contributed by atoms with Gasteiger partial charge in [0.1, 0.15) is 11.1 Å². The van der Waals surface area contributed by atoms with Gasteiger partial charge in [-0.05, 0) is 48.9 Å². The Morgan fingerprint density at radius 1 is 1.14 bits per heavy atom. The molecule has 0 unspecified atom stereocenters. The molecule has 4 nitrogen and oxygen atoms in total. The van der Waals surface area contributed by atoms with E-state index in [0.29, 0.717) is 21.7 Å². The van der Waals surface area contributed by atoms with E-state index in [9.17, 15) is 9.59 Å². The van der Waals surface area contributed by atoms with Crippen LogP contribution >= 0.6 is 11.6 Å². The molecule has 0 bridgehead atoms. The van der Waals surface area contributed by atoms with Crippen molar-refractivity contribution in [3.05, 3.63) is 75.1 Å². The van der Waals surface area contributed by atoms with E-state index in [1.54, 1.807) is 24.3 Å². The first kappa shape index (κ1) is 14.4. The molecule has 0 aliphatic heterocycles. The number of amides is 1. The first-order valence-electron chi connectivity index (χ1n) is 6.64. The highest BCUT2D eigenvalue weighted by molar-refractivity contribution is 6.31. The third-order valence-electron chi connectivity index (χ3n) is 3.21. The van der Waals surface area contributed by atoms with Gasteiger partial charge in [0.25, 0.3) is 5.91 Å². The number of benzene rings is 2. The summed E-state index contributed by atoms with van der Waals surface area (Å²) in [6.07, 6.45) is 0. The van der Waals surface area contributed by atoms with Crippen LogP contribution in [0.15, 0.2) is 57.7 Å². The van der Waals surface area contributed by atoms with Gasteiger partial charge < -0.3 is 9.73 Å². The lowest BCUT2D eigenvalue weighted by Crippen LogP contribution is -2.20. The van der Waals surface area contributed by atoms with Crippen LogP contribution < -0.4 is 10.9 Å². The SMILES string of the molecule is Cc1cccc(NC(=O)c2cc3cc(Cl)ccc3oc2=O)c1. The van der Waals surface area contributed by atoms with Crippen LogP contribution in [0.5, 0.6) is 0 Å². The third kappa shape index (κ3) is 2.87. The number of hydrogen-bond acceptors (Lipinski definition) is 3. The fourth-order valence-electron chi connectivity index (χ4n) is 2.17. The van der Waals surface area contributed by atoms with Gasteiger partial charge in [0.2, 0.25) is 0 Å². The Morgan fingerprint density at radius 2 is 1.95 bits per heavy atom. The zero-order valence-corrected chi connectivity index (χ0v) is 12.5. The molecule has 1 heterocycles. The number of hydrogen-bond donors (Lipinski definition) is 1. The van der Waals surface area contributed by atoms with Crippen molar-refractivity contribution in [3.63, 3.8) is 0 Å². The predicted octanol–water partition coefficient (Wildman–Crippen LogP) is 4.01. The Bertz CT molecular complexity index is 931. The van der Waals surface area contributed by atoms with E-state index in [-0.39, 0.29) is 5.56 Å². The summed E-state index contributed by atoms with van der Waals surface area (Å²) in [5.74, 6) is -0.513. The van der Waals surface area contributed by atoms with Gasteiger partial charge >= 0.3 is 5.63 Å². The largest absolute Gasteiger partial charge is 0.422 e. The number of aryl methyl sites for hydroxylation is 1. The Balaban J connectivity index is 2.00. The maximum atomic E-state index is 12.3. The molecular weight excluding hydrogens is 302 g/mol. The van der Waals surface area contributed by atoms with Gasteiger partial charge in [-0.3, -0.25) is 4.79 Å². The minimum atomic E-state index is -0.681. The average Bonchev–Trinajstić information content (AvgIpc) is 2.47. The maximum absolute atomic E-state index is 12.3. The fraction of sp³-hybridized carbons (Fsp3) is 0.0588. The summed E-state index contributed by atoms with van der Waals surface area (Å²) in [5.41, 5.74) is 1.28. The van der Waals surface area contributed by atoms with Crippen LogP contribution in [0.3, 0.4) is 0 Å². The molecule has 2 aromatic carbocycles. The molecule has 3 aromatic rings. The van der Waals surface area contributed by atoms with Crippen LogP contribution in [-0.2, 0) is 0 Å². The molecule has 0 spiro atoms. The molecule has 22 heavy (non-hydrogen) atoms. The normalized spacial score (nSPS) is 10.6. The molecule has 1 N–H and O–H groups in total. The maximum Gasteiger partial charge on any atom is 0.349 e. The zero-order valence-electron chi connectivity index (χ0n) is 11.7. The highest BCUT2D eigenvalue weighted by Gasteiger charge is 2.14. The summed E-state index contributed by atoms with van der Waals surface area (Å²) in [7, 11) is 0. The Hall–Kier alpha value is -2.59. The second-order valence-corrected chi connectivity index (χ2v) is 5.39. The molecule has 0 atom stereocenters. The zero-order chi connectivity index (χ0) is 15.7. The molecule has 1 aromatic heterocycles. The summed E-state index contributed by atoms with van der Waals surface area (Å²) < 4.78 is 5.16. The molecule has 5 heteroatoms. The molecule has 110 valence electrons. The number of fused-ring (bicyclic) bond motifs is 1. The van der Waals surface area contributed by atoms with Gasteiger partial charge in [-0.1, -0.05) is 23.7 Å². The van der Waals surface area contributed by atoms with Crippen LogP contribution in [0, 0.1) is 6.92 Å². The predicted molar refractivity (Wildman–Crippen MR) is 86.6 cm³/mol. The number of nitrogens with one attached hydrogen (secondary N) is 1. The minimum Gasteiger partial charge on any atom is -0.422 e. The first-order valence-corrected chi connectivity index (χ1v) is 7.02. The Kier molecular flexibility index (Phi) is 3.69. The topological polar surface area (TPSA) is 59.3 Å². The standard InChI is InChI=1S/C17H12ClNO3/c1-10-3-2-4-13(7-10)19-16(20)14-9-11-8-12(18)5-6-15(11)22-17(14)21/h2-9H,1H3,(H,19,20). The molecular formula is C17H12ClNO3. The number of carbonyl (C=O) groups excluding carboxylic acids is 1. The highest BCUT2D eigenvalue weighted by atomic mass is 35.5. The van der Waals surface area contributed by atoms with Crippen molar-refractivity contribution in [3.8, 4) is 0 Å². The highest BCUT2D eigenvalue weighted by Crippen LogP contribution is 2.19. The van der Waals surface area contributed by atoms with Gasteiger partial charge in [0.15, 0.2) is 0 Å². The van der Waals surface area contributed by atoms with Crippen molar-refractivity contribution < 1.29 is 9.21 Å². The first-order chi connectivity index (χ1) is 10.5. The van der Waals surface area contributed by atoms with Crippen molar-refractivity contribution in [2.45, 2.75) is 6.92 Å². The number of carbonyl (C=O) groups is 1. The monoisotopic (exact) mass is 313 g/mol. The summed E-state index contributed by atoms with van der Waals surface area (Å²) in [4.78, 5) is 24.2. The van der Waals surface area contributed by atoms with Gasteiger partial charge in [-0.2, -0.15) is 0 Å². The summed E-state index contributed by atoms with van der Waals surface area (Å²) in [6.45, 7) is 1.92. The second-order valence-electron chi connectivity index (χ2n) is 4.95. The van der Waals surface area contributed by atoms with E-state index in [2.05, 4.69) is 5.32 Å². The van der Waals surface area contributed by atoms with Gasteiger partial charge in [0.05, 0.1) is 0 Å². The lowest BCUT2D eigenvalue weighted by atomic mass is 10.1. The van der Waals surface area contributed by atoms with E-state index in [4.69, 9.17) is 16.0 Å². The van der Waals surface area contributed by atoms with E-state index in [1.807, 2.05) is 25.1 Å². The summed E-state index contributed by atoms with van der Waals surface area (Å²) in [6, 6.07) is 13.7. The molecule has 0 aliphatic carbocycles.